The maximum Gasteiger partial charge on any atom is 0.240 e. The Hall–Kier alpha value is -3.30. The molecule has 0 unspecified atom stereocenters. The Kier molecular flexibility index (Phi) is 5.71. The number of carbonyl (C=O) groups is 1. The highest BCUT2D eigenvalue weighted by atomic mass is 32.2. The Bertz CT molecular complexity index is 1250. The summed E-state index contributed by atoms with van der Waals surface area (Å²) < 4.78 is 47.3. The van der Waals surface area contributed by atoms with Gasteiger partial charge in [0.05, 0.1) is 4.90 Å². The summed E-state index contributed by atoms with van der Waals surface area (Å²) in [7, 11) is -3.77. The summed E-state index contributed by atoms with van der Waals surface area (Å²) >= 11 is 0. The Morgan fingerprint density at radius 1 is 1.19 bits per heavy atom. The van der Waals surface area contributed by atoms with Crippen LogP contribution in [-0.2, 0) is 27.8 Å². The van der Waals surface area contributed by atoms with Crippen LogP contribution in [0.25, 0.3) is 0 Å². The van der Waals surface area contributed by atoms with Gasteiger partial charge in [-0.2, -0.15) is 0 Å². The van der Waals surface area contributed by atoms with E-state index in [1.165, 1.54) is 31.3 Å². The van der Waals surface area contributed by atoms with Crippen molar-refractivity contribution in [3.05, 3.63) is 77.7 Å². The summed E-state index contributed by atoms with van der Waals surface area (Å²) in [5, 5.41) is 0. The van der Waals surface area contributed by atoms with E-state index in [2.05, 4.69) is 9.71 Å². The van der Waals surface area contributed by atoms with Crippen molar-refractivity contribution in [1.82, 2.24) is 9.71 Å². The Morgan fingerprint density at radius 3 is 2.77 bits per heavy atom. The first-order valence-corrected chi connectivity index (χ1v) is 11.1. The number of para-hydroxylation sites is 1. The highest BCUT2D eigenvalue weighted by Gasteiger charge is 2.24. The molecule has 0 aliphatic carbocycles. The van der Waals surface area contributed by atoms with Crippen LogP contribution in [0.1, 0.15) is 18.1 Å². The normalized spacial score (nSPS) is 13.2. The van der Waals surface area contributed by atoms with Crippen molar-refractivity contribution in [2.75, 3.05) is 11.4 Å². The number of anilines is 1. The maximum atomic E-state index is 13.8. The number of sulfonamides is 1. The molecule has 9 heteroatoms. The second kappa shape index (κ2) is 8.44. The van der Waals surface area contributed by atoms with Crippen LogP contribution in [0, 0.1) is 5.82 Å². The zero-order chi connectivity index (χ0) is 22.0. The fourth-order valence-corrected chi connectivity index (χ4v) is 4.46. The molecule has 1 aliphatic rings. The van der Waals surface area contributed by atoms with Gasteiger partial charge in [-0.05, 0) is 53.9 Å². The first kappa shape index (κ1) is 21.0. The molecule has 0 saturated heterocycles. The fourth-order valence-electron chi connectivity index (χ4n) is 3.39. The zero-order valence-electron chi connectivity index (χ0n) is 16.7. The molecule has 160 valence electrons. The van der Waals surface area contributed by atoms with Gasteiger partial charge in [0.25, 0.3) is 0 Å². The van der Waals surface area contributed by atoms with Gasteiger partial charge in [0.15, 0.2) is 11.6 Å². The molecule has 2 heterocycles. The number of benzene rings is 2. The van der Waals surface area contributed by atoms with E-state index in [-0.39, 0.29) is 29.0 Å². The highest BCUT2D eigenvalue weighted by Crippen LogP contribution is 2.30. The first-order chi connectivity index (χ1) is 14.8. The molecule has 2 aromatic carbocycles. The lowest BCUT2D eigenvalue weighted by Gasteiger charge is -2.15. The van der Waals surface area contributed by atoms with Crippen molar-refractivity contribution in [3.63, 3.8) is 0 Å². The number of nitrogens with one attached hydrogen (secondary N) is 1. The summed E-state index contributed by atoms with van der Waals surface area (Å²) in [6, 6.07) is 13.9. The minimum absolute atomic E-state index is 0.00907. The van der Waals surface area contributed by atoms with Crippen molar-refractivity contribution >= 4 is 21.6 Å². The number of amides is 1. The van der Waals surface area contributed by atoms with Gasteiger partial charge in [-0.1, -0.05) is 12.1 Å². The molecule has 0 atom stereocenters. The van der Waals surface area contributed by atoms with Crippen molar-refractivity contribution in [2.24, 2.45) is 0 Å². The smallest absolute Gasteiger partial charge is 0.240 e. The molecule has 0 spiro atoms. The standard InChI is InChI=1S/C22H20FN3O4S/c1-15(27)26-11-9-17-13-18(6-7-20(17)26)31(28,29)25-14-16-8-10-24-22(12-16)30-21-5-3-2-4-19(21)23/h2-8,10,12-13,25H,9,11,14H2,1H3. The lowest BCUT2D eigenvalue weighted by molar-refractivity contribution is -0.116. The molecule has 0 saturated carbocycles. The number of hydrogen-bond donors (Lipinski definition) is 1. The molecule has 0 radical (unpaired) electrons. The number of aromatic nitrogens is 1. The molecule has 31 heavy (non-hydrogen) atoms. The van der Waals surface area contributed by atoms with Gasteiger partial charge < -0.3 is 9.64 Å². The molecular weight excluding hydrogens is 421 g/mol. The quantitative estimate of drug-likeness (QED) is 0.633. The molecule has 1 aromatic heterocycles. The SMILES string of the molecule is CC(=O)N1CCc2cc(S(=O)(=O)NCc3ccnc(Oc4ccccc4F)c3)ccc21. The molecule has 0 fully saturated rings. The molecule has 0 bridgehead atoms. The molecule has 1 aliphatic heterocycles. The van der Waals surface area contributed by atoms with Crippen LogP contribution in [0.15, 0.2) is 65.7 Å². The lowest BCUT2D eigenvalue weighted by Crippen LogP contribution is -2.26. The third-order valence-corrected chi connectivity index (χ3v) is 6.35. The predicted octanol–water partition coefficient (Wildman–Crippen LogP) is 3.40. The summed E-state index contributed by atoms with van der Waals surface area (Å²) in [5.74, 6) is -0.400. The van der Waals surface area contributed by atoms with Crippen LogP contribution in [0.4, 0.5) is 10.1 Å². The Labute approximate surface area is 179 Å². The van der Waals surface area contributed by atoms with Crippen LogP contribution in [0.2, 0.25) is 0 Å². The fraction of sp³-hybridized carbons (Fsp3) is 0.182. The van der Waals surface area contributed by atoms with Crippen LogP contribution in [0.5, 0.6) is 11.6 Å². The minimum Gasteiger partial charge on any atom is -0.436 e. The van der Waals surface area contributed by atoms with Crippen molar-refractivity contribution < 1.29 is 22.3 Å². The number of carbonyl (C=O) groups excluding carboxylic acids is 1. The summed E-state index contributed by atoms with van der Waals surface area (Å²) in [6.45, 7) is 2.04. The zero-order valence-corrected chi connectivity index (χ0v) is 17.5. The van der Waals surface area contributed by atoms with Gasteiger partial charge in [-0.3, -0.25) is 4.79 Å². The lowest BCUT2D eigenvalue weighted by atomic mass is 10.2. The van der Waals surface area contributed by atoms with E-state index in [1.807, 2.05) is 0 Å². The van der Waals surface area contributed by atoms with Crippen LogP contribution >= 0.6 is 0 Å². The van der Waals surface area contributed by atoms with E-state index >= 15 is 0 Å². The second-order valence-corrected chi connectivity index (χ2v) is 8.84. The van der Waals surface area contributed by atoms with E-state index in [9.17, 15) is 17.6 Å². The topological polar surface area (TPSA) is 88.6 Å². The minimum atomic E-state index is -3.77. The predicted molar refractivity (Wildman–Crippen MR) is 113 cm³/mol. The van der Waals surface area contributed by atoms with Crippen LogP contribution in [-0.4, -0.2) is 25.9 Å². The maximum absolute atomic E-state index is 13.8. The number of hydrogen-bond acceptors (Lipinski definition) is 5. The number of ether oxygens (including phenoxy) is 1. The third kappa shape index (κ3) is 4.57. The van der Waals surface area contributed by atoms with Crippen molar-refractivity contribution in [3.8, 4) is 11.6 Å². The molecule has 3 aromatic rings. The largest absolute Gasteiger partial charge is 0.436 e. The van der Waals surface area contributed by atoms with Crippen LogP contribution < -0.4 is 14.4 Å². The summed E-state index contributed by atoms with van der Waals surface area (Å²) in [6.07, 6.45) is 2.07. The number of fused-ring (bicyclic) bond motifs is 1. The van der Waals surface area contributed by atoms with Crippen LogP contribution in [0.3, 0.4) is 0 Å². The monoisotopic (exact) mass is 441 g/mol. The van der Waals surface area contributed by atoms with Gasteiger partial charge in [0, 0.05) is 38.0 Å². The number of pyridine rings is 1. The van der Waals surface area contributed by atoms with E-state index in [4.69, 9.17) is 4.74 Å². The average molecular weight is 441 g/mol. The second-order valence-electron chi connectivity index (χ2n) is 7.07. The van der Waals surface area contributed by atoms with Gasteiger partial charge in [-0.15, -0.1) is 0 Å². The Balaban J connectivity index is 1.47. The highest BCUT2D eigenvalue weighted by molar-refractivity contribution is 7.89. The van der Waals surface area contributed by atoms with E-state index in [0.717, 1.165) is 11.3 Å². The number of rotatable bonds is 6. The van der Waals surface area contributed by atoms with Gasteiger partial charge in [0.2, 0.25) is 21.8 Å². The molecular formula is C22H20FN3O4S. The van der Waals surface area contributed by atoms with E-state index in [0.29, 0.717) is 18.5 Å². The molecule has 1 amide bonds. The number of nitrogens with zero attached hydrogens (tertiary/aromatic N) is 2. The van der Waals surface area contributed by atoms with Gasteiger partial charge >= 0.3 is 0 Å². The van der Waals surface area contributed by atoms with Gasteiger partial charge in [0.1, 0.15) is 0 Å². The molecule has 7 nitrogen and oxygen atoms in total. The van der Waals surface area contributed by atoms with E-state index in [1.54, 1.807) is 41.3 Å². The summed E-state index contributed by atoms with van der Waals surface area (Å²) in [4.78, 5) is 17.5. The van der Waals surface area contributed by atoms with E-state index < -0.39 is 15.8 Å². The number of halogens is 1. The van der Waals surface area contributed by atoms with Crippen molar-refractivity contribution in [1.29, 1.82) is 0 Å². The Morgan fingerprint density at radius 2 is 2.00 bits per heavy atom. The first-order valence-electron chi connectivity index (χ1n) is 9.61. The molecule has 4 rings (SSSR count). The average Bonchev–Trinajstić information content (AvgIpc) is 3.18. The summed E-state index contributed by atoms with van der Waals surface area (Å²) in [5.41, 5.74) is 2.17. The van der Waals surface area contributed by atoms with Gasteiger partial charge in [-0.25, -0.2) is 22.5 Å². The van der Waals surface area contributed by atoms with Crippen molar-refractivity contribution in [2.45, 2.75) is 24.8 Å². The third-order valence-electron chi connectivity index (χ3n) is 4.95. The molecule has 1 N–H and O–H groups in total.